The lowest BCUT2D eigenvalue weighted by molar-refractivity contribution is 0.470. The number of rotatable bonds is 3. The minimum atomic E-state index is 0.635. The SMILES string of the molecule is Cc1ccc(Oc2nc(-c3ccccc3)cc3ccccc23)cc1. The minimum Gasteiger partial charge on any atom is -0.438 e. The van der Waals surface area contributed by atoms with E-state index in [9.17, 15) is 0 Å². The number of benzene rings is 3. The van der Waals surface area contributed by atoms with Crippen LogP contribution in [0.2, 0.25) is 0 Å². The minimum absolute atomic E-state index is 0.635. The second kappa shape index (κ2) is 6.17. The van der Waals surface area contributed by atoms with E-state index in [1.807, 2.05) is 60.7 Å². The zero-order valence-corrected chi connectivity index (χ0v) is 13.4. The highest BCUT2D eigenvalue weighted by Crippen LogP contribution is 2.32. The lowest BCUT2D eigenvalue weighted by Gasteiger charge is -2.11. The van der Waals surface area contributed by atoms with Crippen molar-refractivity contribution in [3.63, 3.8) is 0 Å². The zero-order valence-electron chi connectivity index (χ0n) is 13.4. The molecule has 0 unspecified atom stereocenters. The first-order valence-corrected chi connectivity index (χ1v) is 7.99. The molecule has 116 valence electrons. The van der Waals surface area contributed by atoms with E-state index in [0.29, 0.717) is 5.88 Å². The van der Waals surface area contributed by atoms with Crippen molar-refractivity contribution >= 4 is 10.8 Å². The topological polar surface area (TPSA) is 22.1 Å². The Balaban J connectivity index is 1.85. The summed E-state index contributed by atoms with van der Waals surface area (Å²) < 4.78 is 6.10. The Morgan fingerprint density at radius 3 is 2.25 bits per heavy atom. The van der Waals surface area contributed by atoms with Crippen molar-refractivity contribution in [2.24, 2.45) is 0 Å². The molecule has 4 rings (SSSR count). The average molecular weight is 311 g/mol. The number of aryl methyl sites for hydroxylation is 1. The molecule has 0 aliphatic heterocycles. The summed E-state index contributed by atoms with van der Waals surface area (Å²) >= 11 is 0. The van der Waals surface area contributed by atoms with Crippen LogP contribution < -0.4 is 4.74 Å². The van der Waals surface area contributed by atoms with Crippen molar-refractivity contribution in [2.45, 2.75) is 6.92 Å². The first kappa shape index (κ1) is 14.5. The third kappa shape index (κ3) is 2.86. The third-order valence-corrected chi connectivity index (χ3v) is 4.01. The highest BCUT2D eigenvalue weighted by Gasteiger charge is 2.09. The summed E-state index contributed by atoms with van der Waals surface area (Å²) in [5.41, 5.74) is 3.20. The van der Waals surface area contributed by atoms with E-state index in [0.717, 1.165) is 27.8 Å². The predicted octanol–water partition coefficient (Wildman–Crippen LogP) is 6.00. The monoisotopic (exact) mass is 311 g/mol. The van der Waals surface area contributed by atoms with Gasteiger partial charge in [0.05, 0.1) is 5.69 Å². The highest BCUT2D eigenvalue weighted by atomic mass is 16.5. The normalized spacial score (nSPS) is 10.7. The predicted molar refractivity (Wildman–Crippen MR) is 98.4 cm³/mol. The Bertz CT molecular complexity index is 976. The average Bonchev–Trinajstić information content (AvgIpc) is 2.64. The van der Waals surface area contributed by atoms with Crippen LogP contribution in [0.15, 0.2) is 84.9 Å². The van der Waals surface area contributed by atoms with Crippen LogP contribution in [0, 0.1) is 6.92 Å². The van der Waals surface area contributed by atoms with E-state index < -0.39 is 0 Å². The molecule has 0 aliphatic carbocycles. The molecule has 0 bridgehead atoms. The third-order valence-electron chi connectivity index (χ3n) is 4.01. The van der Waals surface area contributed by atoms with Gasteiger partial charge in [0.25, 0.3) is 0 Å². The molecule has 4 aromatic rings. The van der Waals surface area contributed by atoms with Gasteiger partial charge in [-0.1, -0.05) is 66.2 Å². The van der Waals surface area contributed by atoms with Gasteiger partial charge in [0.15, 0.2) is 0 Å². The fourth-order valence-electron chi connectivity index (χ4n) is 2.72. The van der Waals surface area contributed by atoms with E-state index >= 15 is 0 Å². The van der Waals surface area contributed by atoms with Crippen LogP contribution >= 0.6 is 0 Å². The fraction of sp³-hybridized carbons (Fsp3) is 0.0455. The van der Waals surface area contributed by atoms with Crippen LogP contribution in [-0.4, -0.2) is 4.98 Å². The first-order chi connectivity index (χ1) is 11.8. The molecule has 0 radical (unpaired) electrons. The number of nitrogens with zero attached hydrogens (tertiary/aromatic N) is 1. The van der Waals surface area contributed by atoms with E-state index in [4.69, 9.17) is 9.72 Å². The number of fused-ring (bicyclic) bond motifs is 1. The molecule has 0 N–H and O–H groups in total. The van der Waals surface area contributed by atoms with Gasteiger partial charge in [-0.25, -0.2) is 4.98 Å². The smallest absolute Gasteiger partial charge is 0.227 e. The highest BCUT2D eigenvalue weighted by molar-refractivity contribution is 5.90. The molecule has 1 aromatic heterocycles. The van der Waals surface area contributed by atoms with E-state index in [1.165, 1.54) is 5.56 Å². The molecule has 24 heavy (non-hydrogen) atoms. The summed E-state index contributed by atoms with van der Waals surface area (Å²) in [5.74, 6) is 1.43. The van der Waals surface area contributed by atoms with Gasteiger partial charge in [0.1, 0.15) is 5.75 Å². The summed E-state index contributed by atoms with van der Waals surface area (Å²) in [6.07, 6.45) is 0. The molecule has 0 saturated heterocycles. The fourth-order valence-corrected chi connectivity index (χ4v) is 2.72. The Hall–Kier alpha value is -3.13. The van der Waals surface area contributed by atoms with E-state index in [2.05, 4.69) is 31.2 Å². The summed E-state index contributed by atoms with van der Waals surface area (Å²) in [4.78, 5) is 4.77. The molecule has 0 aliphatic rings. The first-order valence-electron chi connectivity index (χ1n) is 7.99. The molecule has 3 aromatic carbocycles. The summed E-state index contributed by atoms with van der Waals surface area (Å²) in [5, 5.41) is 2.13. The summed E-state index contributed by atoms with van der Waals surface area (Å²) in [7, 11) is 0. The quantitative estimate of drug-likeness (QED) is 0.463. The molecule has 2 nitrogen and oxygen atoms in total. The molecule has 0 spiro atoms. The van der Waals surface area contributed by atoms with E-state index in [1.54, 1.807) is 0 Å². The van der Waals surface area contributed by atoms with Crippen molar-refractivity contribution in [2.75, 3.05) is 0 Å². The van der Waals surface area contributed by atoms with Gasteiger partial charge in [0, 0.05) is 10.9 Å². The van der Waals surface area contributed by atoms with Crippen molar-refractivity contribution in [1.82, 2.24) is 4.98 Å². The van der Waals surface area contributed by atoms with Crippen LogP contribution in [-0.2, 0) is 0 Å². The second-order valence-electron chi connectivity index (χ2n) is 5.81. The molecule has 0 saturated carbocycles. The maximum absolute atomic E-state index is 6.10. The van der Waals surface area contributed by atoms with Gasteiger partial charge < -0.3 is 4.74 Å². The molecular formula is C22H17NO. The molecule has 2 heteroatoms. The number of hydrogen-bond acceptors (Lipinski definition) is 2. The van der Waals surface area contributed by atoms with Gasteiger partial charge in [-0.3, -0.25) is 0 Å². The van der Waals surface area contributed by atoms with Crippen LogP contribution in [0.4, 0.5) is 0 Å². The number of aromatic nitrogens is 1. The number of hydrogen-bond donors (Lipinski definition) is 0. The molecule has 1 heterocycles. The Morgan fingerprint density at radius 1 is 0.750 bits per heavy atom. The van der Waals surface area contributed by atoms with Crippen LogP contribution in [0.5, 0.6) is 11.6 Å². The number of pyridine rings is 1. The lowest BCUT2D eigenvalue weighted by Crippen LogP contribution is -1.92. The van der Waals surface area contributed by atoms with E-state index in [-0.39, 0.29) is 0 Å². The summed E-state index contributed by atoms with van der Waals surface area (Å²) in [6, 6.07) is 28.5. The van der Waals surface area contributed by atoms with Crippen molar-refractivity contribution in [3.05, 3.63) is 90.5 Å². The van der Waals surface area contributed by atoms with Gasteiger partial charge >= 0.3 is 0 Å². The zero-order chi connectivity index (χ0) is 16.4. The summed E-state index contributed by atoms with van der Waals surface area (Å²) in [6.45, 7) is 2.06. The Kier molecular flexibility index (Phi) is 3.72. The maximum Gasteiger partial charge on any atom is 0.227 e. The van der Waals surface area contributed by atoms with Crippen molar-refractivity contribution in [1.29, 1.82) is 0 Å². The Morgan fingerprint density at radius 2 is 1.46 bits per heavy atom. The Labute approximate surface area is 141 Å². The van der Waals surface area contributed by atoms with Crippen molar-refractivity contribution < 1.29 is 4.74 Å². The largest absolute Gasteiger partial charge is 0.438 e. The second-order valence-corrected chi connectivity index (χ2v) is 5.81. The standard InChI is InChI=1S/C22H17NO/c1-16-11-13-19(14-12-16)24-22-20-10-6-5-9-18(20)15-21(23-22)17-7-3-2-4-8-17/h2-15H,1H3. The van der Waals surface area contributed by atoms with Crippen molar-refractivity contribution in [3.8, 4) is 22.9 Å². The molecule has 0 fully saturated rings. The molecular weight excluding hydrogens is 294 g/mol. The van der Waals surface area contributed by atoms with Gasteiger partial charge in [-0.15, -0.1) is 0 Å². The number of ether oxygens (including phenoxy) is 1. The van der Waals surface area contributed by atoms with Crippen LogP contribution in [0.25, 0.3) is 22.0 Å². The van der Waals surface area contributed by atoms with Gasteiger partial charge in [-0.05, 0) is 36.6 Å². The molecule has 0 atom stereocenters. The van der Waals surface area contributed by atoms with Gasteiger partial charge in [0.2, 0.25) is 5.88 Å². The maximum atomic E-state index is 6.10. The lowest BCUT2D eigenvalue weighted by atomic mass is 10.1. The van der Waals surface area contributed by atoms with Crippen LogP contribution in [0.3, 0.4) is 0 Å². The van der Waals surface area contributed by atoms with Crippen LogP contribution in [0.1, 0.15) is 5.56 Å². The van der Waals surface area contributed by atoms with Gasteiger partial charge in [-0.2, -0.15) is 0 Å². The molecule has 0 amide bonds.